The number of hydrogen-bond acceptors (Lipinski definition) is 7. The predicted molar refractivity (Wildman–Crippen MR) is 283 cm³/mol. The molecule has 0 saturated heterocycles. The maximum atomic E-state index is 13.0. The van der Waals surface area contributed by atoms with E-state index in [0.717, 1.165) is 33.6 Å². The second-order valence-electron chi connectivity index (χ2n) is 16.9. The zero-order valence-electron chi connectivity index (χ0n) is 38.5. The minimum Gasteiger partial charge on any atom is -0.489 e. The molecule has 9 nitrogen and oxygen atoms in total. The predicted octanol–water partition coefficient (Wildman–Crippen LogP) is 14.1. The van der Waals surface area contributed by atoms with Crippen LogP contribution in [0.3, 0.4) is 0 Å². The molecule has 3 N–H and O–H groups in total. The zero-order valence-corrected chi connectivity index (χ0v) is 41.5. The van der Waals surface area contributed by atoms with E-state index in [1.54, 1.807) is 63.9 Å². The molecule has 0 fully saturated rings. The number of benzene rings is 6. The first-order valence-electron chi connectivity index (χ1n) is 22.4. The Labute approximate surface area is 422 Å². The first kappa shape index (κ1) is 50.4. The van der Waals surface area contributed by atoms with Crippen LogP contribution in [0.15, 0.2) is 180 Å². The van der Waals surface area contributed by atoms with Gasteiger partial charge in [-0.1, -0.05) is 131 Å². The topological polar surface area (TPSA) is 107 Å². The molecule has 0 aliphatic heterocycles. The fraction of sp³-hybridized carbons (Fsp3) is 0.179. The number of rotatable bonds is 16. The molecular formula is C56H52Cl4N4O5. The summed E-state index contributed by atoms with van der Waals surface area (Å²) < 4.78 is 14.8. The third kappa shape index (κ3) is 14.3. The van der Waals surface area contributed by atoms with E-state index in [1.807, 2.05) is 137 Å². The van der Waals surface area contributed by atoms with Crippen molar-refractivity contribution in [2.75, 3.05) is 10.6 Å². The fourth-order valence-corrected chi connectivity index (χ4v) is 8.12. The van der Waals surface area contributed by atoms with Gasteiger partial charge in [0.25, 0.3) is 11.1 Å². The molecule has 0 radical (unpaired) electrons. The Morgan fingerprint density at radius 1 is 0.522 bits per heavy atom. The van der Waals surface area contributed by atoms with Gasteiger partial charge in [0, 0.05) is 63.6 Å². The highest BCUT2D eigenvalue weighted by atomic mass is 35.5. The monoisotopic (exact) mass is 1000 g/mol. The van der Waals surface area contributed by atoms with E-state index in [-0.39, 0.29) is 23.3 Å². The van der Waals surface area contributed by atoms with Crippen LogP contribution in [0.1, 0.15) is 67.2 Å². The van der Waals surface area contributed by atoms with E-state index in [0.29, 0.717) is 73.6 Å². The molecule has 0 aliphatic rings. The largest absolute Gasteiger partial charge is 0.489 e. The average molecular weight is 1000 g/mol. The summed E-state index contributed by atoms with van der Waals surface area (Å²) in [5.41, 5.74) is 7.69. The van der Waals surface area contributed by atoms with E-state index < -0.39 is 6.10 Å². The number of nitrogens with one attached hydrogen (secondary N) is 2. The maximum Gasteiger partial charge on any atom is 0.252 e. The average Bonchev–Trinajstić information content (AvgIpc) is 3.32. The Hall–Kier alpha value is -6.46. The normalized spacial score (nSPS) is 11.5. The number of aliphatic hydroxyl groups excluding tert-OH is 1. The zero-order chi connectivity index (χ0) is 49.0. The molecule has 8 rings (SSSR count). The summed E-state index contributed by atoms with van der Waals surface area (Å²) in [5, 5.41) is 20.1. The summed E-state index contributed by atoms with van der Waals surface area (Å²) in [7, 11) is 0. The van der Waals surface area contributed by atoms with Crippen LogP contribution < -0.4 is 31.2 Å². The quantitative estimate of drug-likeness (QED) is 0.0885. The summed E-state index contributed by atoms with van der Waals surface area (Å²) in [6.45, 7) is 8.65. The van der Waals surface area contributed by atoms with Gasteiger partial charge < -0.3 is 34.3 Å². The lowest BCUT2D eigenvalue weighted by Gasteiger charge is -2.20. The smallest absolute Gasteiger partial charge is 0.252 e. The molecule has 1 atom stereocenters. The minimum atomic E-state index is -0.989. The van der Waals surface area contributed by atoms with Gasteiger partial charge in [-0.3, -0.25) is 9.59 Å². The third-order valence-electron chi connectivity index (χ3n) is 10.7. The van der Waals surface area contributed by atoms with Crippen LogP contribution in [0.2, 0.25) is 20.1 Å². The maximum absolute atomic E-state index is 13.0. The number of anilines is 4. The molecule has 1 unspecified atom stereocenters. The molecule has 8 aromatic rings. The number of ether oxygens (including phenoxy) is 2. The van der Waals surface area contributed by atoms with Crippen molar-refractivity contribution in [1.29, 1.82) is 0 Å². The van der Waals surface area contributed by atoms with Crippen molar-refractivity contribution in [2.24, 2.45) is 0 Å². The first-order valence-corrected chi connectivity index (χ1v) is 23.9. The van der Waals surface area contributed by atoms with E-state index in [2.05, 4.69) is 10.6 Å². The van der Waals surface area contributed by atoms with E-state index >= 15 is 0 Å². The Morgan fingerprint density at radius 3 is 1.45 bits per heavy atom. The lowest BCUT2D eigenvalue weighted by molar-refractivity contribution is 0.220. The number of halogens is 4. The van der Waals surface area contributed by atoms with Gasteiger partial charge in [-0.15, -0.1) is 0 Å². The molecular weight excluding hydrogens is 950 g/mol. The summed E-state index contributed by atoms with van der Waals surface area (Å²) in [5.74, 6) is 1.20. The second kappa shape index (κ2) is 23.7. The minimum absolute atomic E-state index is 0.00959. The molecule has 2 aromatic heterocycles. The molecule has 69 heavy (non-hydrogen) atoms. The molecule has 0 spiro atoms. The van der Waals surface area contributed by atoms with Crippen LogP contribution in [-0.4, -0.2) is 26.4 Å². The summed E-state index contributed by atoms with van der Waals surface area (Å²) in [6, 6.07) is 48.3. The SMILES string of the molecule is CC(C)Oc1ccc(Nc2cc(=O)n(Cc3ccccc3)cc2C(O)c2ccc(Cl)cc2)cc1Cl.CC(C)Oc1ccc(Nc2cc(=O)n(Cc3ccccc3)cc2Cc2ccc(Cl)cc2)cc1Cl. The number of pyridine rings is 2. The molecule has 6 aromatic carbocycles. The van der Waals surface area contributed by atoms with Crippen LogP contribution >= 0.6 is 46.4 Å². The molecule has 13 heteroatoms. The summed E-state index contributed by atoms with van der Waals surface area (Å²) in [4.78, 5) is 26.0. The van der Waals surface area contributed by atoms with E-state index in [1.165, 1.54) is 6.07 Å². The van der Waals surface area contributed by atoms with Crippen LogP contribution in [0.5, 0.6) is 11.5 Å². The van der Waals surface area contributed by atoms with Crippen molar-refractivity contribution in [1.82, 2.24) is 9.13 Å². The molecule has 2 heterocycles. The third-order valence-corrected chi connectivity index (χ3v) is 11.8. The van der Waals surface area contributed by atoms with Gasteiger partial charge in [0.2, 0.25) is 0 Å². The standard InChI is InChI=1S/C28H26Cl2N2O3.C28H26Cl2N2O2/c1-18(2)35-26-13-12-22(14-24(26)30)31-25-15-27(33)32(16-19-6-4-3-5-7-19)17-23(25)28(34)20-8-10-21(29)11-9-20;1-19(2)34-27-13-12-24(15-25(27)30)31-26-16-28(33)32(17-21-6-4-3-5-7-21)18-22(26)14-20-8-10-23(29)11-9-20/h3-15,17-18,28,31,34H,16H2,1-2H3;3-13,15-16,18-19,31H,14,17H2,1-2H3. The molecule has 0 saturated carbocycles. The Balaban J connectivity index is 0.000000204. The molecule has 0 aliphatic carbocycles. The lowest BCUT2D eigenvalue weighted by atomic mass is 10.0. The second-order valence-corrected chi connectivity index (χ2v) is 18.6. The van der Waals surface area contributed by atoms with Gasteiger partial charge in [0.15, 0.2) is 0 Å². The van der Waals surface area contributed by atoms with Gasteiger partial charge in [0.1, 0.15) is 17.6 Å². The highest BCUT2D eigenvalue weighted by molar-refractivity contribution is 6.32. The fourth-order valence-electron chi connectivity index (χ4n) is 7.42. The van der Waals surface area contributed by atoms with Crippen molar-refractivity contribution >= 4 is 69.2 Å². The van der Waals surface area contributed by atoms with Crippen molar-refractivity contribution in [3.63, 3.8) is 0 Å². The van der Waals surface area contributed by atoms with Crippen LogP contribution in [0.25, 0.3) is 0 Å². The van der Waals surface area contributed by atoms with Gasteiger partial charge in [0.05, 0.1) is 41.0 Å². The van der Waals surface area contributed by atoms with Gasteiger partial charge in [-0.05, 0) is 116 Å². The van der Waals surface area contributed by atoms with Crippen molar-refractivity contribution in [3.05, 3.63) is 244 Å². The van der Waals surface area contributed by atoms with Gasteiger partial charge >= 0.3 is 0 Å². The van der Waals surface area contributed by atoms with Crippen molar-refractivity contribution in [2.45, 2.75) is 65.5 Å². The highest BCUT2D eigenvalue weighted by Crippen LogP contribution is 2.34. The highest BCUT2D eigenvalue weighted by Gasteiger charge is 2.19. The van der Waals surface area contributed by atoms with E-state index in [9.17, 15) is 14.7 Å². The van der Waals surface area contributed by atoms with Gasteiger partial charge in [-0.2, -0.15) is 0 Å². The van der Waals surface area contributed by atoms with E-state index in [4.69, 9.17) is 55.9 Å². The number of hydrogen-bond donors (Lipinski definition) is 3. The first-order chi connectivity index (χ1) is 33.2. The van der Waals surface area contributed by atoms with Crippen LogP contribution in [0.4, 0.5) is 22.7 Å². The lowest BCUT2D eigenvalue weighted by Crippen LogP contribution is -2.22. The molecule has 0 amide bonds. The number of aromatic nitrogens is 2. The number of aliphatic hydroxyl groups is 1. The Kier molecular flexibility index (Phi) is 17.3. The van der Waals surface area contributed by atoms with Crippen LogP contribution in [0, 0.1) is 0 Å². The molecule has 354 valence electrons. The summed E-state index contributed by atoms with van der Waals surface area (Å²) >= 11 is 24.9. The van der Waals surface area contributed by atoms with Gasteiger partial charge in [-0.25, -0.2) is 0 Å². The summed E-state index contributed by atoms with van der Waals surface area (Å²) in [6.07, 6.45) is 3.27. The van der Waals surface area contributed by atoms with Crippen molar-refractivity contribution in [3.8, 4) is 11.5 Å². The van der Waals surface area contributed by atoms with Crippen molar-refractivity contribution < 1.29 is 14.6 Å². The van der Waals surface area contributed by atoms with Crippen LogP contribution in [-0.2, 0) is 19.5 Å². The Bertz CT molecular complexity index is 3090. The Morgan fingerprint density at radius 2 is 0.971 bits per heavy atom. The molecule has 0 bridgehead atoms. The number of nitrogens with zero attached hydrogens (tertiary/aromatic N) is 2.